The van der Waals surface area contributed by atoms with Gasteiger partial charge in [-0.3, -0.25) is 20.9 Å². The van der Waals surface area contributed by atoms with Gasteiger partial charge in [0.05, 0.1) is 11.0 Å². The van der Waals surface area contributed by atoms with Crippen LogP contribution in [-0.2, 0) is 11.3 Å². The SMILES string of the molecule is CCN(Cc1cccc([N+](=O)[O-])c1NN)CC1CCCO1. The first-order valence-electron chi connectivity index (χ1n) is 7.22. The van der Waals surface area contributed by atoms with Crippen LogP contribution in [0, 0.1) is 10.1 Å². The van der Waals surface area contributed by atoms with Gasteiger partial charge in [0, 0.05) is 25.8 Å². The molecule has 1 saturated heterocycles. The molecule has 1 aromatic rings. The molecule has 2 rings (SSSR count). The number of ether oxygens (including phenoxy) is 1. The first-order chi connectivity index (χ1) is 10.2. The summed E-state index contributed by atoms with van der Waals surface area (Å²) in [6, 6.07) is 5.00. The average molecular weight is 294 g/mol. The predicted molar refractivity (Wildman–Crippen MR) is 80.8 cm³/mol. The molecule has 7 heteroatoms. The van der Waals surface area contributed by atoms with Crippen molar-refractivity contribution in [2.24, 2.45) is 5.84 Å². The zero-order valence-electron chi connectivity index (χ0n) is 12.2. The number of para-hydroxylation sites is 1. The molecule has 1 aliphatic heterocycles. The molecule has 0 amide bonds. The summed E-state index contributed by atoms with van der Waals surface area (Å²) in [6.45, 7) is 5.20. The molecule has 1 heterocycles. The highest BCUT2D eigenvalue weighted by Crippen LogP contribution is 2.28. The molecule has 0 aliphatic carbocycles. The van der Waals surface area contributed by atoms with Gasteiger partial charge >= 0.3 is 0 Å². The minimum Gasteiger partial charge on any atom is -0.377 e. The lowest BCUT2D eigenvalue weighted by Crippen LogP contribution is -2.32. The van der Waals surface area contributed by atoms with Gasteiger partial charge in [0.1, 0.15) is 5.69 Å². The summed E-state index contributed by atoms with van der Waals surface area (Å²) in [6.07, 6.45) is 2.44. The van der Waals surface area contributed by atoms with Gasteiger partial charge in [0.15, 0.2) is 0 Å². The lowest BCUT2D eigenvalue weighted by molar-refractivity contribution is -0.384. The number of nitrogens with two attached hydrogens (primary N) is 1. The van der Waals surface area contributed by atoms with Crippen molar-refractivity contribution in [1.82, 2.24) is 4.90 Å². The Labute approximate surface area is 124 Å². The van der Waals surface area contributed by atoms with Gasteiger partial charge in [-0.2, -0.15) is 0 Å². The highest BCUT2D eigenvalue weighted by atomic mass is 16.6. The standard InChI is InChI=1S/C14H22N4O3/c1-2-17(10-12-6-4-8-21-12)9-11-5-3-7-13(18(19)20)14(11)16-15/h3,5,7,12,16H,2,4,6,8-10,15H2,1H3. The van der Waals surface area contributed by atoms with Gasteiger partial charge in [-0.05, 0) is 24.9 Å². The molecule has 3 N–H and O–H groups in total. The number of nitro benzene ring substituents is 1. The summed E-state index contributed by atoms with van der Waals surface area (Å²) >= 11 is 0. The van der Waals surface area contributed by atoms with E-state index in [1.165, 1.54) is 6.07 Å². The molecule has 0 saturated carbocycles. The monoisotopic (exact) mass is 294 g/mol. The lowest BCUT2D eigenvalue weighted by atomic mass is 10.1. The second kappa shape index (κ2) is 7.35. The first kappa shape index (κ1) is 15.7. The van der Waals surface area contributed by atoms with Crippen LogP contribution in [0.15, 0.2) is 18.2 Å². The van der Waals surface area contributed by atoms with Crippen LogP contribution in [0.25, 0.3) is 0 Å². The Morgan fingerprint density at radius 2 is 2.38 bits per heavy atom. The number of nitrogens with one attached hydrogen (secondary N) is 1. The minimum atomic E-state index is -0.422. The molecule has 0 spiro atoms. The molecule has 0 aromatic heterocycles. The normalized spacial score (nSPS) is 18.1. The molecule has 1 unspecified atom stereocenters. The molecule has 21 heavy (non-hydrogen) atoms. The number of likely N-dealkylation sites (N-methyl/N-ethyl adjacent to an activating group) is 1. The van der Waals surface area contributed by atoms with E-state index in [-0.39, 0.29) is 11.8 Å². The minimum absolute atomic E-state index is 0.00293. The number of hydrogen-bond donors (Lipinski definition) is 2. The number of rotatable bonds is 7. The summed E-state index contributed by atoms with van der Waals surface area (Å²) in [7, 11) is 0. The van der Waals surface area contributed by atoms with E-state index in [2.05, 4.69) is 17.2 Å². The van der Waals surface area contributed by atoms with E-state index in [1.54, 1.807) is 6.07 Å². The molecule has 116 valence electrons. The molecule has 1 fully saturated rings. The van der Waals surface area contributed by atoms with E-state index in [0.717, 1.165) is 38.1 Å². The fraction of sp³-hybridized carbons (Fsp3) is 0.571. The third-order valence-corrected chi connectivity index (χ3v) is 3.80. The summed E-state index contributed by atoms with van der Waals surface area (Å²) in [4.78, 5) is 12.8. The first-order valence-corrected chi connectivity index (χ1v) is 7.22. The Hall–Kier alpha value is -1.70. The van der Waals surface area contributed by atoms with Gasteiger partial charge in [-0.1, -0.05) is 19.1 Å². The highest BCUT2D eigenvalue weighted by molar-refractivity contribution is 5.65. The van der Waals surface area contributed by atoms with Crippen molar-refractivity contribution >= 4 is 11.4 Å². The summed E-state index contributed by atoms with van der Waals surface area (Å²) in [5.74, 6) is 5.47. The number of benzene rings is 1. The van der Waals surface area contributed by atoms with Crippen LogP contribution < -0.4 is 11.3 Å². The fourth-order valence-corrected chi connectivity index (χ4v) is 2.66. The van der Waals surface area contributed by atoms with Crippen LogP contribution in [0.2, 0.25) is 0 Å². The van der Waals surface area contributed by atoms with Gasteiger partial charge < -0.3 is 10.2 Å². The van der Waals surface area contributed by atoms with Gasteiger partial charge in [0.25, 0.3) is 5.69 Å². The fourth-order valence-electron chi connectivity index (χ4n) is 2.66. The Kier molecular flexibility index (Phi) is 5.49. The molecule has 0 bridgehead atoms. The third-order valence-electron chi connectivity index (χ3n) is 3.80. The van der Waals surface area contributed by atoms with Crippen LogP contribution in [0.1, 0.15) is 25.3 Å². The van der Waals surface area contributed by atoms with E-state index in [9.17, 15) is 10.1 Å². The maximum Gasteiger partial charge on any atom is 0.293 e. The number of hydrazine groups is 1. The van der Waals surface area contributed by atoms with Gasteiger partial charge in [-0.25, -0.2) is 0 Å². The van der Waals surface area contributed by atoms with Gasteiger partial charge in [-0.15, -0.1) is 0 Å². The van der Waals surface area contributed by atoms with Crippen LogP contribution in [-0.4, -0.2) is 35.6 Å². The van der Waals surface area contributed by atoms with Crippen molar-refractivity contribution in [3.63, 3.8) is 0 Å². The Bertz CT molecular complexity index is 489. The Morgan fingerprint density at radius 1 is 1.57 bits per heavy atom. The molecular weight excluding hydrogens is 272 g/mol. The van der Waals surface area contributed by atoms with Crippen LogP contribution in [0.3, 0.4) is 0 Å². The van der Waals surface area contributed by atoms with Crippen molar-refractivity contribution in [1.29, 1.82) is 0 Å². The zero-order chi connectivity index (χ0) is 15.2. The molecule has 1 aromatic carbocycles. The predicted octanol–water partition coefficient (Wildman–Crippen LogP) is 1.88. The molecule has 1 atom stereocenters. The quantitative estimate of drug-likeness (QED) is 0.453. The molecule has 1 aliphatic rings. The van der Waals surface area contributed by atoms with Crippen molar-refractivity contribution in [3.05, 3.63) is 33.9 Å². The Morgan fingerprint density at radius 3 is 2.95 bits per heavy atom. The summed E-state index contributed by atoms with van der Waals surface area (Å²) in [5.41, 5.74) is 3.68. The molecular formula is C14H22N4O3. The second-order valence-electron chi connectivity index (χ2n) is 5.18. The van der Waals surface area contributed by atoms with Crippen LogP contribution >= 0.6 is 0 Å². The second-order valence-corrected chi connectivity index (χ2v) is 5.18. The summed E-state index contributed by atoms with van der Waals surface area (Å²) in [5, 5.41) is 11.0. The number of nitrogen functional groups attached to an aromatic ring is 1. The van der Waals surface area contributed by atoms with Crippen molar-refractivity contribution in [2.45, 2.75) is 32.4 Å². The van der Waals surface area contributed by atoms with Crippen molar-refractivity contribution in [3.8, 4) is 0 Å². The van der Waals surface area contributed by atoms with Gasteiger partial charge in [0.2, 0.25) is 0 Å². The number of nitrogens with zero attached hydrogens (tertiary/aromatic N) is 2. The maximum atomic E-state index is 11.0. The average Bonchev–Trinajstić information content (AvgIpc) is 2.99. The van der Waals surface area contributed by atoms with Crippen LogP contribution in [0.4, 0.5) is 11.4 Å². The van der Waals surface area contributed by atoms with E-state index in [4.69, 9.17) is 10.6 Å². The van der Waals surface area contributed by atoms with Crippen molar-refractivity contribution in [2.75, 3.05) is 25.1 Å². The lowest BCUT2D eigenvalue weighted by Gasteiger charge is -2.24. The molecule has 7 nitrogen and oxygen atoms in total. The smallest absolute Gasteiger partial charge is 0.293 e. The van der Waals surface area contributed by atoms with E-state index < -0.39 is 4.92 Å². The number of hydrogen-bond acceptors (Lipinski definition) is 6. The van der Waals surface area contributed by atoms with Crippen LogP contribution in [0.5, 0.6) is 0 Å². The molecule has 0 radical (unpaired) electrons. The third kappa shape index (κ3) is 3.90. The van der Waals surface area contributed by atoms with Crippen molar-refractivity contribution < 1.29 is 9.66 Å². The topological polar surface area (TPSA) is 93.7 Å². The van der Waals surface area contributed by atoms with E-state index >= 15 is 0 Å². The maximum absolute atomic E-state index is 11.0. The highest BCUT2D eigenvalue weighted by Gasteiger charge is 2.21. The largest absolute Gasteiger partial charge is 0.377 e. The number of anilines is 1. The zero-order valence-corrected chi connectivity index (χ0v) is 12.2. The van der Waals surface area contributed by atoms with E-state index in [0.29, 0.717) is 12.2 Å². The summed E-state index contributed by atoms with van der Waals surface area (Å²) < 4.78 is 5.65. The number of nitro groups is 1. The Balaban J connectivity index is 2.12. The van der Waals surface area contributed by atoms with E-state index in [1.807, 2.05) is 6.07 Å².